The largest absolute Gasteiger partial charge is 0.346 e. The number of nitrogens with zero attached hydrogens (tertiary/aromatic N) is 1. The molecular formula is C19H28N4O3. The van der Waals surface area contributed by atoms with E-state index in [1.165, 1.54) is 0 Å². The van der Waals surface area contributed by atoms with Crippen molar-refractivity contribution in [3.63, 3.8) is 0 Å². The highest BCUT2D eigenvalue weighted by Crippen LogP contribution is 2.22. The molecule has 0 saturated carbocycles. The van der Waals surface area contributed by atoms with E-state index in [1.807, 2.05) is 25.7 Å². The van der Waals surface area contributed by atoms with Crippen molar-refractivity contribution in [3.05, 3.63) is 29.3 Å². The first-order valence-corrected chi connectivity index (χ1v) is 9.03. The number of carbonyl (C=O) groups is 3. The summed E-state index contributed by atoms with van der Waals surface area (Å²) < 4.78 is 0. The van der Waals surface area contributed by atoms with Crippen molar-refractivity contribution in [1.29, 1.82) is 0 Å². The van der Waals surface area contributed by atoms with Gasteiger partial charge in [0.05, 0.1) is 12.6 Å². The second-order valence-electron chi connectivity index (χ2n) is 7.01. The number of nitrogens with one attached hydrogen (secondary N) is 2. The molecule has 7 nitrogen and oxygen atoms in total. The van der Waals surface area contributed by atoms with Crippen LogP contribution in [0.4, 0.5) is 5.69 Å². The Morgan fingerprint density at radius 1 is 1.19 bits per heavy atom. The SMILES string of the molecule is Cc1c(NC(=O)CNC(=O)[C@@H](N)C(C)C)cccc1C(=O)N1CCCC1. The number of benzene rings is 1. The zero-order valence-electron chi connectivity index (χ0n) is 15.7. The Balaban J connectivity index is 1.99. The van der Waals surface area contributed by atoms with E-state index in [2.05, 4.69) is 10.6 Å². The Labute approximate surface area is 154 Å². The van der Waals surface area contributed by atoms with Crippen LogP contribution in [0.25, 0.3) is 0 Å². The maximum Gasteiger partial charge on any atom is 0.254 e. The van der Waals surface area contributed by atoms with E-state index in [0.717, 1.165) is 31.5 Å². The number of rotatable bonds is 6. The summed E-state index contributed by atoms with van der Waals surface area (Å²) >= 11 is 0. The lowest BCUT2D eigenvalue weighted by atomic mass is 10.0. The fourth-order valence-electron chi connectivity index (χ4n) is 2.88. The number of hydrogen-bond acceptors (Lipinski definition) is 4. The second-order valence-corrected chi connectivity index (χ2v) is 7.01. The van der Waals surface area contributed by atoms with Crippen LogP contribution in [0.3, 0.4) is 0 Å². The molecule has 0 aromatic heterocycles. The molecule has 1 atom stereocenters. The van der Waals surface area contributed by atoms with Crippen molar-refractivity contribution < 1.29 is 14.4 Å². The van der Waals surface area contributed by atoms with Gasteiger partial charge >= 0.3 is 0 Å². The van der Waals surface area contributed by atoms with Crippen LogP contribution < -0.4 is 16.4 Å². The first-order chi connectivity index (χ1) is 12.3. The van der Waals surface area contributed by atoms with E-state index < -0.39 is 6.04 Å². The molecule has 2 rings (SSSR count). The predicted molar refractivity (Wildman–Crippen MR) is 101 cm³/mol. The van der Waals surface area contributed by atoms with Crippen molar-refractivity contribution in [3.8, 4) is 0 Å². The van der Waals surface area contributed by atoms with Gasteiger partial charge in [0.2, 0.25) is 11.8 Å². The lowest BCUT2D eigenvalue weighted by molar-refractivity contribution is -0.125. The molecule has 4 N–H and O–H groups in total. The fourth-order valence-corrected chi connectivity index (χ4v) is 2.88. The van der Waals surface area contributed by atoms with Crippen molar-refractivity contribution >= 4 is 23.4 Å². The molecule has 1 aliphatic heterocycles. The molecule has 142 valence electrons. The third kappa shape index (κ3) is 4.82. The average Bonchev–Trinajstić information content (AvgIpc) is 3.14. The van der Waals surface area contributed by atoms with Crippen LogP contribution in [0.1, 0.15) is 42.6 Å². The normalized spacial score (nSPS) is 15.0. The van der Waals surface area contributed by atoms with E-state index in [-0.39, 0.29) is 30.2 Å². The summed E-state index contributed by atoms with van der Waals surface area (Å²) in [7, 11) is 0. The molecule has 1 fully saturated rings. The average molecular weight is 360 g/mol. The Kier molecular flexibility index (Phi) is 6.74. The summed E-state index contributed by atoms with van der Waals surface area (Å²) in [5.41, 5.74) is 7.64. The maximum absolute atomic E-state index is 12.6. The molecule has 7 heteroatoms. The standard InChI is InChI=1S/C19H28N4O3/c1-12(2)17(20)18(25)21-11-16(24)22-15-8-6-7-14(13(15)3)19(26)23-9-4-5-10-23/h6-8,12,17H,4-5,9-11,20H2,1-3H3,(H,21,25)(H,22,24)/t17-/m0/s1. The molecule has 0 bridgehead atoms. The number of hydrogen-bond donors (Lipinski definition) is 3. The van der Waals surface area contributed by atoms with Crippen molar-refractivity contribution in [2.45, 2.75) is 39.7 Å². The van der Waals surface area contributed by atoms with E-state index in [4.69, 9.17) is 5.73 Å². The molecule has 0 unspecified atom stereocenters. The van der Waals surface area contributed by atoms with Crippen LogP contribution in [0, 0.1) is 12.8 Å². The van der Waals surface area contributed by atoms with Crippen LogP contribution >= 0.6 is 0 Å². The molecule has 1 aliphatic rings. The quantitative estimate of drug-likeness (QED) is 0.710. The predicted octanol–water partition coefficient (Wildman–Crippen LogP) is 1.27. The molecule has 1 aromatic rings. The van der Waals surface area contributed by atoms with Crippen molar-refractivity contribution in [1.82, 2.24) is 10.2 Å². The topological polar surface area (TPSA) is 105 Å². The minimum Gasteiger partial charge on any atom is -0.346 e. The van der Waals surface area contributed by atoms with Gasteiger partial charge in [-0.15, -0.1) is 0 Å². The van der Waals surface area contributed by atoms with Crippen LogP contribution in [0.15, 0.2) is 18.2 Å². The van der Waals surface area contributed by atoms with Crippen LogP contribution in [-0.2, 0) is 9.59 Å². The zero-order valence-corrected chi connectivity index (χ0v) is 15.7. The highest BCUT2D eigenvalue weighted by molar-refractivity contribution is 6.00. The van der Waals surface area contributed by atoms with Gasteiger partial charge in [0, 0.05) is 24.3 Å². The molecule has 0 radical (unpaired) electrons. The minimum atomic E-state index is -0.647. The van der Waals surface area contributed by atoms with Crippen LogP contribution in [0.2, 0.25) is 0 Å². The van der Waals surface area contributed by atoms with Crippen molar-refractivity contribution in [2.75, 3.05) is 25.0 Å². The van der Waals surface area contributed by atoms with E-state index in [0.29, 0.717) is 11.3 Å². The number of anilines is 1. The smallest absolute Gasteiger partial charge is 0.254 e. The van der Waals surface area contributed by atoms with Gasteiger partial charge in [0.25, 0.3) is 5.91 Å². The van der Waals surface area contributed by atoms with E-state index in [9.17, 15) is 14.4 Å². The first-order valence-electron chi connectivity index (χ1n) is 9.03. The molecule has 26 heavy (non-hydrogen) atoms. The van der Waals surface area contributed by atoms with E-state index >= 15 is 0 Å². The number of amides is 3. The Morgan fingerprint density at radius 3 is 2.46 bits per heavy atom. The Bertz CT molecular complexity index is 681. The van der Waals surface area contributed by atoms with Gasteiger partial charge in [0.15, 0.2) is 0 Å². The first kappa shape index (κ1) is 19.9. The summed E-state index contributed by atoms with van der Waals surface area (Å²) in [5, 5.41) is 5.29. The van der Waals surface area contributed by atoms with Gasteiger partial charge in [-0.1, -0.05) is 19.9 Å². The molecule has 1 saturated heterocycles. The highest BCUT2D eigenvalue weighted by Gasteiger charge is 2.22. The third-order valence-electron chi connectivity index (χ3n) is 4.68. The third-order valence-corrected chi connectivity index (χ3v) is 4.68. The van der Waals surface area contributed by atoms with Gasteiger partial charge < -0.3 is 21.3 Å². The van der Waals surface area contributed by atoms with Gasteiger partial charge in [0.1, 0.15) is 0 Å². The van der Waals surface area contributed by atoms with Crippen LogP contribution in [0.5, 0.6) is 0 Å². The fraction of sp³-hybridized carbons (Fsp3) is 0.526. The molecule has 3 amide bonds. The molecule has 0 spiro atoms. The Hall–Kier alpha value is -2.41. The molecule has 1 heterocycles. The van der Waals surface area contributed by atoms with Gasteiger partial charge in [-0.25, -0.2) is 0 Å². The lowest BCUT2D eigenvalue weighted by Gasteiger charge is -2.19. The number of carbonyl (C=O) groups excluding carboxylic acids is 3. The zero-order chi connectivity index (χ0) is 19.3. The number of likely N-dealkylation sites (tertiary alicyclic amines) is 1. The summed E-state index contributed by atoms with van der Waals surface area (Å²) in [5.74, 6) is -0.728. The lowest BCUT2D eigenvalue weighted by Crippen LogP contribution is -2.46. The molecular weight excluding hydrogens is 332 g/mol. The summed E-state index contributed by atoms with van der Waals surface area (Å²) in [6, 6.07) is 4.62. The summed E-state index contributed by atoms with van der Waals surface area (Å²) in [6.07, 6.45) is 2.05. The van der Waals surface area contributed by atoms with Gasteiger partial charge in [-0.2, -0.15) is 0 Å². The van der Waals surface area contributed by atoms with Crippen molar-refractivity contribution in [2.24, 2.45) is 11.7 Å². The van der Waals surface area contributed by atoms with E-state index in [1.54, 1.807) is 18.2 Å². The van der Waals surface area contributed by atoms with Gasteiger partial charge in [-0.3, -0.25) is 14.4 Å². The number of nitrogens with two attached hydrogens (primary N) is 1. The summed E-state index contributed by atoms with van der Waals surface area (Å²) in [4.78, 5) is 38.4. The minimum absolute atomic E-state index is 0.00594. The van der Waals surface area contributed by atoms with Gasteiger partial charge in [-0.05, 0) is 43.4 Å². The maximum atomic E-state index is 12.6. The highest BCUT2D eigenvalue weighted by atomic mass is 16.2. The Morgan fingerprint density at radius 2 is 1.85 bits per heavy atom. The molecule has 1 aromatic carbocycles. The summed E-state index contributed by atoms with van der Waals surface area (Å²) in [6.45, 7) is 6.89. The van der Waals surface area contributed by atoms with Crippen LogP contribution in [-0.4, -0.2) is 48.3 Å². The molecule has 0 aliphatic carbocycles. The second kappa shape index (κ2) is 8.80. The monoisotopic (exact) mass is 360 g/mol.